The molecule has 1 fully saturated rings. The highest BCUT2D eigenvalue weighted by molar-refractivity contribution is 5.73. The van der Waals surface area contributed by atoms with Gasteiger partial charge in [-0.15, -0.1) is 0 Å². The van der Waals surface area contributed by atoms with Gasteiger partial charge in [0.2, 0.25) is 0 Å². The minimum absolute atomic E-state index is 0.154. The lowest BCUT2D eigenvalue weighted by Gasteiger charge is -2.40. The summed E-state index contributed by atoms with van der Waals surface area (Å²) in [6.07, 6.45) is 5.62. The fourth-order valence-electron chi connectivity index (χ4n) is 2.11. The average molecular weight is 272 g/mol. The maximum absolute atomic E-state index is 11.5. The second-order valence-corrected chi connectivity index (χ2v) is 5.05. The Kier molecular flexibility index (Phi) is 6.62. The molecule has 1 aliphatic carbocycles. The van der Waals surface area contributed by atoms with Crippen LogP contribution in [0.15, 0.2) is 0 Å². The summed E-state index contributed by atoms with van der Waals surface area (Å²) in [4.78, 5) is 21.8. The monoisotopic (exact) mass is 272 g/mol. The van der Waals surface area contributed by atoms with Gasteiger partial charge in [0.15, 0.2) is 0 Å². The first-order valence-corrected chi connectivity index (χ1v) is 6.87. The molecule has 3 N–H and O–H groups in total. The number of nitrogens with one attached hydrogen (secondary N) is 2. The number of ether oxygens (including phenoxy) is 1. The SMILES string of the molecule is COC1(CNC(=O)NCCCCCC(=O)O)CCC1. The molecule has 0 heterocycles. The summed E-state index contributed by atoms with van der Waals surface area (Å²) in [5, 5.41) is 14.0. The van der Waals surface area contributed by atoms with Gasteiger partial charge in [0, 0.05) is 26.6 Å². The number of carbonyl (C=O) groups excluding carboxylic acids is 1. The molecular weight excluding hydrogens is 248 g/mol. The van der Waals surface area contributed by atoms with Crippen LogP contribution < -0.4 is 10.6 Å². The normalized spacial score (nSPS) is 16.5. The predicted molar refractivity (Wildman–Crippen MR) is 71.1 cm³/mol. The summed E-state index contributed by atoms with van der Waals surface area (Å²) in [6.45, 7) is 1.12. The number of hydrogen-bond donors (Lipinski definition) is 3. The van der Waals surface area contributed by atoms with Crippen molar-refractivity contribution >= 4 is 12.0 Å². The fourth-order valence-corrected chi connectivity index (χ4v) is 2.11. The van der Waals surface area contributed by atoms with Gasteiger partial charge in [0.05, 0.1) is 5.60 Å². The number of carboxylic acids is 1. The van der Waals surface area contributed by atoms with Crippen LogP contribution in [0.4, 0.5) is 4.79 Å². The molecule has 0 aromatic carbocycles. The van der Waals surface area contributed by atoms with Crippen LogP contribution in [0.2, 0.25) is 0 Å². The lowest BCUT2D eigenvalue weighted by molar-refractivity contribution is -0.137. The molecular formula is C13H24N2O4. The number of carbonyl (C=O) groups is 2. The van der Waals surface area contributed by atoms with Crippen molar-refractivity contribution in [1.29, 1.82) is 0 Å². The molecule has 19 heavy (non-hydrogen) atoms. The molecule has 0 aromatic rings. The number of urea groups is 1. The molecule has 0 saturated heterocycles. The molecule has 6 nitrogen and oxygen atoms in total. The Morgan fingerprint density at radius 3 is 2.47 bits per heavy atom. The predicted octanol–water partition coefficient (Wildman–Crippen LogP) is 1.50. The Labute approximate surface area is 113 Å². The lowest BCUT2D eigenvalue weighted by Crippen LogP contribution is -2.51. The van der Waals surface area contributed by atoms with Crippen LogP contribution in [0, 0.1) is 0 Å². The third-order valence-electron chi connectivity index (χ3n) is 3.62. The van der Waals surface area contributed by atoms with Crippen molar-refractivity contribution in [2.45, 2.75) is 50.5 Å². The Bertz CT molecular complexity index is 298. The first kappa shape index (κ1) is 15.8. The van der Waals surface area contributed by atoms with Crippen LogP contribution >= 0.6 is 0 Å². The highest BCUT2D eigenvalue weighted by Crippen LogP contribution is 2.34. The zero-order chi connectivity index (χ0) is 14.1. The third-order valence-corrected chi connectivity index (χ3v) is 3.62. The van der Waals surface area contributed by atoms with E-state index in [9.17, 15) is 9.59 Å². The zero-order valence-electron chi connectivity index (χ0n) is 11.5. The van der Waals surface area contributed by atoms with E-state index in [2.05, 4.69) is 10.6 Å². The molecule has 0 bridgehead atoms. The largest absolute Gasteiger partial charge is 0.481 e. The van der Waals surface area contributed by atoms with Crippen molar-refractivity contribution < 1.29 is 19.4 Å². The van der Waals surface area contributed by atoms with E-state index in [-0.39, 0.29) is 18.1 Å². The van der Waals surface area contributed by atoms with Gasteiger partial charge in [-0.3, -0.25) is 4.79 Å². The van der Waals surface area contributed by atoms with Gasteiger partial charge in [0.1, 0.15) is 0 Å². The van der Waals surface area contributed by atoms with Gasteiger partial charge in [0.25, 0.3) is 0 Å². The molecule has 0 aromatic heterocycles. The van der Waals surface area contributed by atoms with Gasteiger partial charge in [-0.05, 0) is 32.1 Å². The quantitative estimate of drug-likeness (QED) is 0.555. The Morgan fingerprint density at radius 1 is 1.21 bits per heavy atom. The molecule has 0 radical (unpaired) electrons. The standard InChI is InChI=1S/C13H24N2O4/c1-19-13(7-5-8-13)10-15-12(18)14-9-4-2-3-6-11(16)17/h2-10H2,1H3,(H,16,17)(H2,14,15,18). The van der Waals surface area contributed by atoms with E-state index in [1.165, 1.54) is 0 Å². The number of amides is 2. The molecule has 110 valence electrons. The van der Waals surface area contributed by atoms with Gasteiger partial charge >= 0.3 is 12.0 Å². The van der Waals surface area contributed by atoms with Gasteiger partial charge in [-0.1, -0.05) is 6.42 Å². The van der Waals surface area contributed by atoms with Crippen molar-refractivity contribution in [3.05, 3.63) is 0 Å². The maximum atomic E-state index is 11.5. The van der Waals surface area contributed by atoms with Crippen molar-refractivity contribution in [3.63, 3.8) is 0 Å². The minimum Gasteiger partial charge on any atom is -0.481 e. The first-order chi connectivity index (χ1) is 9.08. The second kappa shape index (κ2) is 7.99. The number of unbranched alkanes of at least 4 members (excludes halogenated alkanes) is 2. The molecule has 0 aliphatic heterocycles. The van der Waals surface area contributed by atoms with E-state index in [0.29, 0.717) is 19.5 Å². The van der Waals surface area contributed by atoms with E-state index in [1.54, 1.807) is 7.11 Å². The van der Waals surface area contributed by atoms with Crippen molar-refractivity contribution in [2.75, 3.05) is 20.2 Å². The number of aliphatic carboxylic acids is 1. The number of carboxylic acid groups (broad SMARTS) is 1. The lowest BCUT2D eigenvalue weighted by atomic mass is 9.80. The molecule has 1 rings (SSSR count). The summed E-state index contributed by atoms with van der Waals surface area (Å²) in [5.74, 6) is -0.768. The van der Waals surface area contributed by atoms with Crippen LogP contribution in [0.3, 0.4) is 0 Å². The Balaban J connectivity index is 1.97. The molecule has 0 spiro atoms. The summed E-state index contributed by atoms with van der Waals surface area (Å²) in [5.41, 5.74) is -0.154. The van der Waals surface area contributed by atoms with E-state index >= 15 is 0 Å². The number of hydrogen-bond acceptors (Lipinski definition) is 3. The highest BCUT2D eigenvalue weighted by atomic mass is 16.5. The maximum Gasteiger partial charge on any atom is 0.314 e. The van der Waals surface area contributed by atoms with Crippen molar-refractivity contribution in [2.24, 2.45) is 0 Å². The van der Waals surface area contributed by atoms with Crippen molar-refractivity contribution in [1.82, 2.24) is 10.6 Å². The average Bonchev–Trinajstić information content (AvgIpc) is 2.32. The summed E-state index contributed by atoms with van der Waals surface area (Å²) < 4.78 is 5.41. The third kappa shape index (κ3) is 5.92. The summed E-state index contributed by atoms with van der Waals surface area (Å²) in [7, 11) is 1.68. The molecule has 1 saturated carbocycles. The number of rotatable bonds is 9. The molecule has 2 amide bonds. The van der Waals surface area contributed by atoms with E-state index in [0.717, 1.165) is 32.1 Å². The Hall–Kier alpha value is -1.30. The molecule has 6 heteroatoms. The second-order valence-electron chi connectivity index (χ2n) is 5.05. The van der Waals surface area contributed by atoms with E-state index in [4.69, 9.17) is 9.84 Å². The topological polar surface area (TPSA) is 87.7 Å². The molecule has 0 atom stereocenters. The van der Waals surface area contributed by atoms with Crippen LogP contribution in [0.5, 0.6) is 0 Å². The van der Waals surface area contributed by atoms with Gasteiger partial charge < -0.3 is 20.5 Å². The van der Waals surface area contributed by atoms with Crippen LogP contribution in [0.25, 0.3) is 0 Å². The van der Waals surface area contributed by atoms with E-state index in [1.807, 2.05) is 0 Å². The zero-order valence-corrected chi connectivity index (χ0v) is 11.5. The van der Waals surface area contributed by atoms with E-state index < -0.39 is 5.97 Å². The van der Waals surface area contributed by atoms with Crippen LogP contribution in [0.1, 0.15) is 44.9 Å². The first-order valence-electron chi connectivity index (χ1n) is 6.87. The number of methoxy groups -OCH3 is 1. The fraction of sp³-hybridized carbons (Fsp3) is 0.846. The molecule has 1 aliphatic rings. The smallest absolute Gasteiger partial charge is 0.314 e. The minimum atomic E-state index is -0.768. The summed E-state index contributed by atoms with van der Waals surface area (Å²) in [6, 6.07) is -0.179. The summed E-state index contributed by atoms with van der Waals surface area (Å²) >= 11 is 0. The Morgan fingerprint density at radius 2 is 1.95 bits per heavy atom. The van der Waals surface area contributed by atoms with Crippen LogP contribution in [-0.4, -0.2) is 42.9 Å². The molecule has 0 unspecified atom stereocenters. The van der Waals surface area contributed by atoms with Crippen molar-refractivity contribution in [3.8, 4) is 0 Å². The highest BCUT2D eigenvalue weighted by Gasteiger charge is 2.37. The van der Waals surface area contributed by atoms with Gasteiger partial charge in [-0.2, -0.15) is 0 Å². The van der Waals surface area contributed by atoms with Crippen LogP contribution in [-0.2, 0) is 9.53 Å². The van der Waals surface area contributed by atoms with Gasteiger partial charge in [-0.25, -0.2) is 4.79 Å².